The molecule has 0 amide bonds. The average molecular weight is 137 g/mol. The van der Waals surface area contributed by atoms with E-state index in [4.69, 9.17) is 0 Å². The van der Waals surface area contributed by atoms with E-state index in [0.29, 0.717) is 0 Å². The average Bonchev–Trinajstić information content (AvgIpc) is 1.97. The Morgan fingerprint density at radius 3 is 2.20 bits per heavy atom. The number of allylic oxidation sites excluding steroid dienone is 5. The first-order valence-corrected chi connectivity index (χ1v) is 3.02. The Morgan fingerprint density at radius 2 is 1.60 bits per heavy atom. The van der Waals surface area contributed by atoms with Gasteiger partial charge in [-0.15, -0.1) is 0 Å². The molecule has 0 aromatic rings. The molecule has 0 aromatic heterocycles. The zero-order valence-electron chi connectivity index (χ0n) is 5.95. The highest BCUT2D eigenvalue weighted by Crippen LogP contribution is 1.76. The van der Waals surface area contributed by atoms with Crippen LogP contribution in [0.25, 0.3) is 0 Å². The minimum absolute atomic E-state index is 0.742. The van der Waals surface area contributed by atoms with Gasteiger partial charge in [0, 0.05) is 7.05 Å². The van der Waals surface area contributed by atoms with Crippen LogP contribution >= 0.6 is 0 Å². The predicted octanol–water partition coefficient (Wildman–Crippen LogP) is 1.03. The van der Waals surface area contributed by atoms with Gasteiger partial charge in [-0.25, -0.2) is 0 Å². The van der Waals surface area contributed by atoms with Gasteiger partial charge in [0.25, 0.3) is 0 Å². The molecular weight excluding hydrogens is 126 g/mol. The second kappa shape index (κ2) is 7.69. The molecule has 10 heavy (non-hydrogen) atoms. The monoisotopic (exact) mass is 137 g/mol. The van der Waals surface area contributed by atoms with Gasteiger partial charge < -0.3 is 5.32 Å². The summed E-state index contributed by atoms with van der Waals surface area (Å²) in [6.07, 6.45) is 11.1. The minimum atomic E-state index is 0.742. The molecule has 0 fully saturated rings. The molecule has 0 heterocycles. The second-order valence-corrected chi connectivity index (χ2v) is 1.55. The Balaban J connectivity index is 3.46. The van der Waals surface area contributed by atoms with Gasteiger partial charge >= 0.3 is 0 Å². The van der Waals surface area contributed by atoms with E-state index in [1.54, 1.807) is 18.4 Å². The lowest BCUT2D eigenvalue weighted by atomic mass is 10.4. The Morgan fingerprint density at radius 1 is 1.00 bits per heavy atom. The molecule has 0 rings (SSSR count). The van der Waals surface area contributed by atoms with Crippen LogP contribution in [0.4, 0.5) is 0 Å². The summed E-state index contributed by atoms with van der Waals surface area (Å²) in [6.45, 7) is 0. The summed E-state index contributed by atoms with van der Waals surface area (Å²) in [7, 11) is 1.82. The number of rotatable bonds is 4. The molecule has 0 radical (unpaired) electrons. The summed E-state index contributed by atoms with van der Waals surface area (Å²) in [5.74, 6) is 0. The van der Waals surface area contributed by atoms with Crippen molar-refractivity contribution in [1.82, 2.24) is 5.32 Å². The third-order valence-corrected chi connectivity index (χ3v) is 0.786. The minimum Gasteiger partial charge on any atom is -0.394 e. The molecule has 0 aliphatic carbocycles. The smallest absolute Gasteiger partial charge is 0.142 e. The molecule has 0 atom stereocenters. The van der Waals surface area contributed by atoms with Crippen molar-refractivity contribution in [3.05, 3.63) is 36.6 Å². The molecule has 0 bridgehead atoms. The topological polar surface area (TPSA) is 29.1 Å². The third kappa shape index (κ3) is 6.69. The van der Waals surface area contributed by atoms with Crippen LogP contribution in [0.5, 0.6) is 0 Å². The van der Waals surface area contributed by atoms with Crippen LogP contribution < -0.4 is 5.32 Å². The molecule has 0 aliphatic rings. The summed E-state index contributed by atoms with van der Waals surface area (Å²) in [6, 6.07) is 0. The van der Waals surface area contributed by atoms with Crippen molar-refractivity contribution in [2.75, 3.05) is 7.05 Å². The first-order chi connectivity index (χ1) is 4.91. The van der Waals surface area contributed by atoms with Crippen LogP contribution in [0.15, 0.2) is 36.6 Å². The first-order valence-electron chi connectivity index (χ1n) is 3.02. The van der Waals surface area contributed by atoms with Crippen LogP contribution in [0, 0.1) is 0 Å². The fourth-order valence-electron chi connectivity index (χ4n) is 0.390. The Labute approximate surface area is 60.9 Å². The highest BCUT2D eigenvalue weighted by Gasteiger charge is 1.61. The Hall–Kier alpha value is -1.31. The highest BCUT2D eigenvalue weighted by molar-refractivity contribution is 5.65. The molecule has 0 aliphatic heterocycles. The van der Waals surface area contributed by atoms with Gasteiger partial charge in [0.05, 0.1) is 0 Å². The van der Waals surface area contributed by atoms with Crippen molar-refractivity contribution in [2.24, 2.45) is 0 Å². The van der Waals surface area contributed by atoms with Crippen LogP contribution in [0.2, 0.25) is 0 Å². The van der Waals surface area contributed by atoms with Gasteiger partial charge in [-0.05, 0) is 18.4 Å². The van der Waals surface area contributed by atoms with Crippen molar-refractivity contribution < 1.29 is 4.79 Å². The zero-order chi connectivity index (χ0) is 7.66. The van der Waals surface area contributed by atoms with Crippen LogP contribution in [0.1, 0.15) is 0 Å². The van der Waals surface area contributed by atoms with Crippen molar-refractivity contribution in [2.45, 2.75) is 0 Å². The van der Waals surface area contributed by atoms with E-state index in [0.717, 1.165) is 6.29 Å². The van der Waals surface area contributed by atoms with Crippen LogP contribution in [-0.4, -0.2) is 13.3 Å². The number of nitrogens with one attached hydrogen (secondary N) is 1. The van der Waals surface area contributed by atoms with E-state index < -0.39 is 0 Å². The van der Waals surface area contributed by atoms with E-state index in [9.17, 15) is 4.79 Å². The second-order valence-electron chi connectivity index (χ2n) is 1.55. The van der Waals surface area contributed by atoms with E-state index in [1.807, 2.05) is 19.2 Å². The molecule has 0 aromatic carbocycles. The van der Waals surface area contributed by atoms with E-state index in [-0.39, 0.29) is 0 Å². The maximum atomic E-state index is 9.74. The lowest BCUT2D eigenvalue weighted by Gasteiger charge is -1.78. The summed E-state index contributed by atoms with van der Waals surface area (Å²) >= 11 is 0. The molecule has 2 heteroatoms. The van der Waals surface area contributed by atoms with Gasteiger partial charge in [0.1, 0.15) is 6.29 Å². The SMILES string of the molecule is CN/C=C/C=C/C=C/C=O. The molecule has 0 saturated heterocycles. The van der Waals surface area contributed by atoms with Gasteiger partial charge in [-0.2, -0.15) is 0 Å². The van der Waals surface area contributed by atoms with Gasteiger partial charge in [-0.1, -0.05) is 18.2 Å². The highest BCUT2D eigenvalue weighted by atomic mass is 16.1. The predicted molar refractivity (Wildman–Crippen MR) is 42.5 cm³/mol. The summed E-state index contributed by atoms with van der Waals surface area (Å²) in [4.78, 5) is 9.74. The maximum absolute atomic E-state index is 9.74. The summed E-state index contributed by atoms with van der Waals surface area (Å²) < 4.78 is 0. The molecule has 0 saturated carbocycles. The van der Waals surface area contributed by atoms with Gasteiger partial charge in [0.15, 0.2) is 0 Å². The standard InChI is InChI=1S/C8H11NO/c1-9-7-5-3-2-4-6-8-10/h2-9H,1H3/b3-2+,6-4+,7-5+. The largest absolute Gasteiger partial charge is 0.394 e. The quantitative estimate of drug-likeness (QED) is 0.356. The molecule has 0 spiro atoms. The zero-order valence-corrected chi connectivity index (χ0v) is 5.95. The lowest BCUT2D eigenvalue weighted by molar-refractivity contribution is -0.104. The lowest BCUT2D eigenvalue weighted by Crippen LogP contribution is -1.89. The van der Waals surface area contributed by atoms with Crippen molar-refractivity contribution in [1.29, 1.82) is 0 Å². The molecular formula is C8H11NO. The number of carbonyl (C=O) groups is 1. The fraction of sp³-hybridized carbons (Fsp3) is 0.125. The molecule has 54 valence electrons. The Kier molecular flexibility index (Phi) is 6.68. The first kappa shape index (κ1) is 8.69. The van der Waals surface area contributed by atoms with Crippen LogP contribution in [-0.2, 0) is 4.79 Å². The van der Waals surface area contributed by atoms with E-state index >= 15 is 0 Å². The van der Waals surface area contributed by atoms with Crippen molar-refractivity contribution >= 4 is 6.29 Å². The summed E-state index contributed by atoms with van der Waals surface area (Å²) in [5.41, 5.74) is 0. The molecule has 2 nitrogen and oxygen atoms in total. The Bertz CT molecular complexity index is 157. The van der Waals surface area contributed by atoms with Gasteiger partial charge in [-0.3, -0.25) is 4.79 Å². The third-order valence-electron chi connectivity index (χ3n) is 0.786. The maximum Gasteiger partial charge on any atom is 0.142 e. The van der Waals surface area contributed by atoms with Crippen molar-refractivity contribution in [3.63, 3.8) is 0 Å². The molecule has 1 N–H and O–H groups in total. The number of carbonyl (C=O) groups excluding carboxylic acids is 1. The van der Waals surface area contributed by atoms with E-state index in [2.05, 4.69) is 5.32 Å². The number of hydrogen-bond acceptors (Lipinski definition) is 2. The van der Waals surface area contributed by atoms with Crippen molar-refractivity contribution in [3.8, 4) is 0 Å². The fourth-order valence-corrected chi connectivity index (χ4v) is 0.390. The van der Waals surface area contributed by atoms with Gasteiger partial charge in [0.2, 0.25) is 0 Å². The number of hydrogen-bond donors (Lipinski definition) is 1. The molecule has 0 unspecified atom stereocenters. The number of aldehydes is 1. The summed E-state index contributed by atoms with van der Waals surface area (Å²) in [5, 5.41) is 2.83. The normalized spacial score (nSPS) is 11.7. The van der Waals surface area contributed by atoms with E-state index in [1.165, 1.54) is 6.08 Å². The van der Waals surface area contributed by atoms with Crippen LogP contribution in [0.3, 0.4) is 0 Å².